The molecule has 0 atom stereocenters. The van der Waals surface area contributed by atoms with Crippen LogP contribution < -0.4 is 16.0 Å². The largest absolute Gasteiger partial charge is 0.367 e. The Labute approximate surface area is 159 Å². The SMILES string of the molecule is Cl.Cl.Nc1nsc(N2CCN(C(=O)CCC3CCNCC3)CC2)n1. The molecule has 0 radical (unpaired) electrons. The van der Waals surface area contributed by atoms with Crippen molar-refractivity contribution in [1.82, 2.24) is 19.6 Å². The number of anilines is 2. The second kappa shape index (κ2) is 10.2. The van der Waals surface area contributed by atoms with Gasteiger partial charge in [0.15, 0.2) is 0 Å². The minimum Gasteiger partial charge on any atom is -0.367 e. The molecule has 7 nitrogen and oxygen atoms in total. The fourth-order valence-corrected chi connectivity index (χ4v) is 3.81. The average Bonchev–Trinajstić information content (AvgIpc) is 3.00. The van der Waals surface area contributed by atoms with E-state index in [0.717, 1.165) is 56.7 Å². The number of amides is 1. The smallest absolute Gasteiger partial charge is 0.233 e. The number of hydrogen-bond donors (Lipinski definition) is 2. The number of carbonyl (C=O) groups is 1. The first-order chi connectivity index (χ1) is 10.7. The molecule has 1 aromatic heterocycles. The van der Waals surface area contributed by atoms with Crippen LogP contribution in [0.2, 0.25) is 0 Å². The van der Waals surface area contributed by atoms with E-state index in [1.54, 1.807) is 0 Å². The van der Waals surface area contributed by atoms with Gasteiger partial charge in [0.25, 0.3) is 0 Å². The molecule has 0 unspecified atom stereocenters. The molecule has 10 heteroatoms. The van der Waals surface area contributed by atoms with Crippen LogP contribution >= 0.6 is 36.3 Å². The van der Waals surface area contributed by atoms with E-state index in [1.807, 2.05) is 4.90 Å². The average molecular weight is 397 g/mol. The molecule has 0 spiro atoms. The Hall–Kier alpha value is -0.830. The van der Waals surface area contributed by atoms with Crippen LogP contribution in [0.1, 0.15) is 25.7 Å². The number of hydrogen-bond acceptors (Lipinski definition) is 7. The maximum Gasteiger partial charge on any atom is 0.233 e. The maximum atomic E-state index is 12.3. The number of halogens is 2. The molecule has 24 heavy (non-hydrogen) atoms. The zero-order valence-corrected chi connectivity index (χ0v) is 16.1. The van der Waals surface area contributed by atoms with E-state index >= 15 is 0 Å². The van der Waals surface area contributed by atoms with E-state index in [9.17, 15) is 4.79 Å². The summed E-state index contributed by atoms with van der Waals surface area (Å²) in [5, 5.41) is 4.23. The first kappa shape index (κ1) is 21.2. The molecule has 1 aromatic rings. The number of nitrogen functional groups attached to an aromatic ring is 1. The fourth-order valence-electron chi connectivity index (χ4n) is 3.16. The van der Waals surface area contributed by atoms with Crippen LogP contribution in [0.15, 0.2) is 0 Å². The molecule has 0 saturated carbocycles. The lowest BCUT2D eigenvalue weighted by Crippen LogP contribution is -2.48. The second-order valence-corrected chi connectivity index (χ2v) is 6.77. The fraction of sp³-hybridized carbons (Fsp3) is 0.786. The van der Waals surface area contributed by atoms with E-state index < -0.39 is 0 Å². The van der Waals surface area contributed by atoms with Crippen LogP contribution in [0.5, 0.6) is 0 Å². The Bertz CT molecular complexity index is 503. The molecule has 1 amide bonds. The predicted molar refractivity (Wildman–Crippen MR) is 102 cm³/mol. The molecular weight excluding hydrogens is 371 g/mol. The molecular formula is C14H26Cl2N6OS. The highest BCUT2D eigenvalue weighted by molar-refractivity contribution is 7.09. The molecule has 0 bridgehead atoms. The van der Waals surface area contributed by atoms with Crippen molar-refractivity contribution < 1.29 is 4.79 Å². The van der Waals surface area contributed by atoms with Gasteiger partial charge in [0.2, 0.25) is 17.0 Å². The molecule has 0 aliphatic carbocycles. The third-order valence-electron chi connectivity index (χ3n) is 4.56. The van der Waals surface area contributed by atoms with E-state index in [2.05, 4.69) is 19.6 Å². The quantitative estimate of drug-likeness (QED) is 0.799. The number of piperazine rings is 1. The standard InChI is InChI=1S/C14H24N6OS.2ClH/c15-13-17-14(22-18-13)20-9-7-19(8-10-20)12(21)2-1-11-3-5-16-6-4-11;;/h11,16H,1-10H2,(H2,15,18);2*1H. The van der Waals surface area contributed by atoms with E-state index in [1.165, 1.54) is 24.4 Å². The lowest BCUT2D eigenvalue weighted by molar-refractivity contribution is -0.131. The Morgan fingerprint density at radius 1 is 1.21 bits per heavy atom. The van der Waals surface area contributed by atoms with Crippen molar-refractivity contribution in [2.75, 3.05) is 49.9 Å². The molecule has 138 valence electrons. The number of piperidine rings is 1. The first-order valence-electron chi connectivity index (χ1n) is 8.05. The van der Waals surface area contributed by atoms with Crippen molar-refractivity contribution in [2.24, 2.45) is 5.92 Å². The molecule has 0 aromatic carbocycles. The number of nitrogens with two attached hydrogens (primary N) is 1. The predicted octanol–water partition coefficient (Wildman–Crippen LogP) is 1.39. The molecule has 2 saturated heterocycles. The number of aromatic nitrogens is 2. The summed E-state index contributed by atoms with van der Waals surface area (Å²) in [5.41, 5.74) is 5.56. The lowest BCUT2D eigenvalue weighted by Gasteiger charge is -2.34. The topological polar surface area (TPSA) is 87.4 Å². The number of rotatable bonds is 4. The van der Waals surface area contributed by atoms with E-state index in [4.69, 9.17) is 5.73 Å². The van der Waals surface area contributed by atoms with Gasteiger partial charge in [-0.3, -0.25) is 4.79 Å². The number of nitrogens with zero attached hydrogens (tertiary/aromatic N) is 4. The van der Waals surface area contributed by atoms with Crippen LogP contribution in [0.4, 0.5) is 11.1 Å². The summed E-state index contributed by atoms with van der Waals surface area (Å²) in [6.07, 6.45) is 4.14. The molecule has 3 heterocycles. The van der Waals surface area contributed by atoms with Gasteiger partial charge in [-0.05, 0) is 38.3 Å². The Kier molecular flexibility index (Phi) is 9.04. The van der Waals surface area contributed by atoms with Crippen LogP contribution in [0.25, 0.3) is 0 Å². The molecule has 3 N–H and O–H groups in total. The van der Waals surface area contributed by atoms with Gasteiger partial charge in [0.05, 0.1) is 0 Å². The summed E-state index contributed by atoms with van der Waals surface area (Å²) in [5.74, 6) is 1.35. The second-order valence-electron chi connectivity index (χ2n) is 6.04. The Morgan fingerprint density at radius 2 is 1.88 bits per heavy atom. The van der Waals surface area contributed by atoms with E-state index in [-0.39, 0.29) is 24.8 Å². The van der Waals surface area contributed by atoms with Crippen LogP contribution in [-0.4, -0.2) is 59.4 Å². The highest BCUT2D eigenvalue weighted by atomic mass is 35.5. The van der Waals surface area contributed by atoms with Gasteiger partial charge in [0.1, 0.15) is 0 Å². The Morgan fingerprint density at radius 3 is 2.46 bits per heavy atom. The van der Waals surface area contributed by atoms with Crippen LogP contribution in [-0.2, 0) is 4.79 Å². The number of carbonyl (C=O) groups excluding carboxylic acids is 1. The minimum atomic E-state index is 0. The summed E-state index contributed by atoms with van der Waals surface area (Å²) >= 11 is 1.33. The normalized spacial score (nSPS) is 18.7. The summed E-state index contributed by atoms with van der Waals surface area (Å²) in [4.78, 5) is 20.7. The maximum absolute atomic E-state index is 12.3. The zero-order valence-electron chi connectivity index (χ0n) is 13.6. The molecule has 2 fully saturated rings. The summed E-state index contributed by atoms with van der Waals surface area (Å²) < 4.78 is 4.01. The summed E-state index contributed by atoms with van der Waals surface area (Å²) in [7, 11) is 0. The molecule has 2 aliphatic heterocycles. The van der Waals surface area contributed by atoms with Crippen molar-refractivity contribution in [3.8, 4) is 0 Å². The third kappa shape index (κ3) is 5.61. The number of nitrogens with one attached hydrogen (secondary N) is 1. The van der Waals surface area contributed by atoms with Crippen molar-refractivity contribution >= 4 is 53.3 Å². The highest BCUT2D eigenvalue weighted by Gasteiger charge is 2.24. The van der Waals surface area contributed by atoms with Crippen LogP contribution in [0.3, 0.4) is 0 Å². The van der Waals surface area contributed by atoms with E-state index in [0.29, 0.717) is 18.3 Å². The van der Waals surface area contributed by atoms with Gasteiger partial charge >= 0.3 is 0 Å². The van der Waals surface area contributed by atoms with Gasteiger partial charge in [-0.2, -0.15) is 9.36 Å². The Balaban J connectivity index is 0.00000144. The monoisotopic (exact) mass is 396 g/mol. The highest BCUT2D eigenvalue weighted by Crippen LogP contribution is 2.21. The first-order valence-corrected chi connectivity index (χ1v) is 8.82. The minimum absolute atomic E-state index is 0. The zero-order chi connectivity index (χ0) is 15.4. The van der Waals surface area contributed by atoms with Gasteiger partial charge in [0, 0.05) is 44.1 Å². The van der Waals surface area contributed by atoms with Gasteiger partial charge in [-0.1, -0.05) is 0 Å². The van der Waals surface area contributed by atoms with Crippen molar-refractivity contribution in [1.29, 1.82) is 0 Å². The summed E-state index contributed by atoms with van der Waals surface area (Å²) in [6.45, 7) is 5.36. The van der Waals surface area contributed by atoms with Crippen molar-refractivity contribution in [2.45, 2.75) is 25.7 Å². The third-order valence-corrected chi connectivity index (χ3v) is 5.35. The molecule has 2 aliphatic rings. The summed E-state index contributed by atoms with van der Waals surface area (Å²) in [6, 6.07) is 0. The molecule has 3 rings (SSSR count). The lowest BCUT2D eigenvalue weighted by atomic mass is 9.93. The van der Waals surface area contributed by atoms with Crippen molar-refractivity contribution in [3.05, 3.63) is 0 Å². The van der Waals surface area contributed by atoms with Gasteiger partial charge in [-0.15, -0.1) is 24.8 Å². The van der Waals surface area contributed by atoms with Crippen LogP contribution in [0, 0.1) is 5.92 Å². The van der Waals surface area contributed by atoms with Gasteiger partial charge < -0.3 is 20.9 Å². The van der Waals surface area contributed by atoms with Gasteiger partial charge in [-0.25, -0.2) is 0 Å². The van der Waals surface area contributed by atoms with Crippen molar-refractivity contribution in [3.63, 3.8) is 0 Å².